The minimum absolute atomic E-state index is 0.442. The molecular weight excluding hydrogens is 459 g/mol. The number of hydrogen-bond donors (Lipinski definition) is 3. The number of aromatic nitrogens is 1. The van der Waals surface area contributed by atoms with Gasteiger partial charge in [-0.1, -0.05) is 23.2 Å². The van der Waals surface area contributed by atoms with Crippen molar-refractivity contribution in [2.45, 2.75) is 19.8 Å². The van der Waals surface area contributed by atoms with Crippen LogP contribution >= 0.6 is 23.2 Å². The van der Waals surface area contributed by atoms with Gasteiger partial charge >= 0.3 is 11.9 Å². The zero-order valence-corrected chi connectivity index (χ0v) is 18.9. The smallest absolute Gasteiger partial charge is 0.328 e. The number of ether oxygens (including phenoxy) is 2. The molecule has 10 heteroatoms. The predicted octanol–water partition coefficient (Wildman–Crippen LogP) is 4.58. The lowest BCUT2D eigenvalue weighted by Gasteiger charge is -2.23. The summed E-state index contributed by atoms with van der Waals surface area (Å²) in [5.41, 5.74) is 0.858. The average molecular weight is 483 g/mol. The summed E-state index contributed by atoms with van der Waals surface area (Å²) in [5.74, 6) is -0.348. The zero-order chi connectivity index (χ0) is 23.5. The van der Waals surface area contributed by atoms with Crippen molar-refractivity contribution < 1.29 is 29.3 Å². The van der Waals surface area contributed by atoms with Crippen molar-refractivity contribution in [3.8, 4) is 17.4 Å². The molecule has 1 aliphatic heterocycles. The highest BCUT2D eigenvalue weighted by molar-refractivity contribution is 6.42. The third kappa shape index (κ3) is 9.13. The number of rotatable bonds is 7. The highest BCUT2D eigenvalue weighted by Crippen LogP contribution is 2.33. The van der Waals surface area contributed by atoms with Crippen molar-refractivity contribution >= 4 is 35.1 Å². The number of carbonyl (C=O) groups is 2. The first-order chi connectivity index (χ1) is 15.2. The molecule has 0 unspecified atom stereocenters. The van der Waals surface area contributed by atoms with E-state index in [0.29, 0.717) is 52.1 Å². The highest BCUT2D eigenvalue weighted by atomic mass is 35.5. The van der Waals surface area contributed by atoms with Gasteiger partial charge in [0, 0.05) is 36.4 Å². The summed E-state index contributed by atoms with van der Waals surface area (Å²) in [6, 6.07) is 8.93. The number of halogens is 2. The fourth-order valence-electron chi connectivity index (χ4n) is 2.77. The summed E-state index contributed by atoms with van der Waals surface area (Å²) in [6.07, 6.45) is 3.48. The Bertz CT molecular complexity index is 945. The number of piperidine rings is 1. The molecule has 8 nitrogen and oxygen atoms in total. The first kappa shape index (κ1) is 25.5. The van der Waals surface area contributed by atoms with Crippen molar-refractivity contribution in [2.75, 3.05) is 19.7 Å². The first-order valence-electron chi connectivity index (χ1n) is 9.82. The van der Waals surface area contributed by atoms with Crippen molar-refractivity contribution in [2.24, 2.45) is 5.92 Å². The van der Waals surface area contributed by atoms with E-state index >= 15 is 0 Å². The summed E-state index contributed by atoms with van der Waals surface area (Å²) < 4.78 is 11.8. The molecule has 2 heterocycles. The molecule has 1 atom stereocenters. The van der Waals surface area contributed by atoms with E-state index in [1.54, 1.807) is 18.2 Å². The number of benzene rings is 1. The second kappa shape index (κ2) is 12.9. The van der Waals surface area contributed by atoms with Crippen LogP contribution in [0.25, 0.3) is 0 Å². The summed E-state index contributed by atoms with van der Waals surface area (Å²) >= 11 is 12.0. The van der Waals surface area contributed by atoms with Crippen LogP contribution < -0.4 is 14.8 Å². The molecular formula is C22H24Cl2N2O6. The summed E-state index contributed by atoms with van der Waals surface area (Å²) in [7, 11) is 0. The lowest BCUT2D eigenvalue weighted by Crippen LogP contribution is -2.33. The van der Waals surface area contributed by atoms with Gasteiger partial charge < -0.3 is 25.0 Å². The third-order valence-corrected chi connectivity index (χ3v) is 5.05. The fraction of sp³-hybridized carbons (Fsp3) is 0.318. The van der Waals surface area contributed by atoms with Crippen molar-refractivity contribution in [3.63, 3.8) is 0 Å². The Kier molecular flexibility index (Phi) is 10.3. The number of aryl methyl sites for hydroxylation is 1. The first-order valence-corrected chi connectivity index (χ1v) is 10.6. The zero-order valence-electron chi connectivity index (χ0n) is 17.4. The Balaban J connectivity index is 0.000000390. The Morgan fingerprint density at radius 3 is 2.47 bits per heavy atom. The molecule has 32 heavy (non-hydrogen) atoms. The van der Waals surface area contributed by atoms with Crippen LogP contribution in [-0.4, -0.2) is 46.8 Å². The number of nitrogens with one attached hydrogen (secondary N) is 1. The highest BCUT2D eigenvalue weighted by Gasteiger charge is 2.16. The van der Waals surface area contributed by atoms with Crippen LogP contribution in [0.3, 0.4) is 0 Å². The fourth-order valence-corrected chi connectivity index (χ4v) is 3.06. The predicted molar refractivity (Wildman–Crippen MR) is 121 cm³/mol. The average Bonchev–Trinajstić information content (AvgIpc) is 2.75. The van der Waals surface area contributed by atoms with Gasteiger partial charge in [0.05, 0.1) is 16.7 Å². The molecule has 0 saturated carbocycles. The van der Waals surface area contributed by atoms with Crippen LogP contribution in [0.1, 0.15) is 18.5 Å². The molecule has 1 saturated heterocycles. The van der Waals surface area contributed by atoms with E-state index in [0.717, 1.165) is 18.8 Å². The van der Waals surface area contributed by atoms with Gasteiger partial charge in [-0.2, -0.15) is 0 Å². The van der Waals surface area contributed by atoms with Crippen molar-refractivity contribution in [3.05, 3.63) is 58.2 Å². The maximum Gasteiger partial charge on any atom is 0.328 e. The second-order valence-electron chi connectivity index (χ2n) is 6.97. The maximum atomic E-state index is 9.55. The van der Waals surface area contributed by atoms with Gasteiger partial charge in [0.1, 0.15) is 5.75 Å². The van der Waals surface area contributed by atoms with E-state index in [4.69, 9.17) is 42.9 Å². The molecule has 0 bridgehead atoms. The van der Waals surface area contributed by atoms with E-state index < -0.39 is 11.9 Å². The SMILES string of the molecule is Cc1ccc(OC[C@H]2CCCNC2)c(Oc2ccc(Cl)c(Cl)c2)n1.O=C(O)/C=C/C(=O)O. The molecule has 0 radical (unpaired) electrons. The van der Waals surface area contributed by atoms with Crippen molar-refractivity contribution in [1.82, 2.24) is 10.3 Å². The number of hydrogen-bond acceptors (Lipinski definition) is 6. The molecule has 0 spiro atoms. The van der Waals surface area contributed by atoms with Gasteiger partial charge in [-0.15, -0.1) is 0 Å². The Morgan fingerprint density at radius 2 is 1.88 bits per heavy atom. The minimum atomic E-state index is -1.26. The van der Waals surface area contributed by atoms with Gasteiger partial charge in [0.25, 0.3) is 5.88 Å². The second-order valence-corrected chi connectivity index (χ2v) is 7.78. The largest absolute Gasteiger partial charge is 0.488 e. The van der Waals surface area contributed by atoms with Gasteiger partial charge in [-0.3, -0.25) is 0 Å². The van der Waals surface area contributed by atoms with E-state index in [9.17, 15) is 9.59 Å². The van der Waals surface area contributed by atoms with Crippen molar-refractivity contribution in [1.29, 1.82) is 0 Å². The Hall–Kier alpha value is -2.81. The normalized spacial score (nSPS) is 15.5. The molecule has 1 aliphatic rings. The van der Waals surface area contributed by atoms with Gasteiger partial charge in [-0.25, -0.2) is 14.6 Å². The van der Waals surface area contributed by atoms with Crippen LogP contribution in [0.4, 0.5) is 0 Å². The minimum Gasteiger partial charge on any atom is -0.488 e. The lowest BCUT2D eigenvalue weighted by atomic mass is 10.0. The number of carboxylic acid groups (broad SMARTS) is 2. The molecule has 1 aromatic heterocycles. The van der Waals surface area contributed by atoms with Crippen LogP contribution in [-0.2, 0) is 9.59 Å². The van der Waals surface area contributed by atoms with Crippen LogP contribution in [0, 0.1) is 12.8 Å². The van der Waals surface area contributed by atoms with Gasteiger partial charge in [0.2, 0.25) is 0 Å². The summed E-state index contributed by atoms with van der Waals surface area (Å²) in [4.78, 5) is 23.6. The van der Waals surface area contributed by atoms with E-state index in [1.165, 1.54) is 12.8 Å². The number of aliphatic carboxylic acids is 2. The van der Waals surface area contributed by atoms with Crippen LogP contribution in [0.15, 0.2) is 42.5 Å². The van der Waals surface area contributed by atoms with E-state index in [-0.39, 0.29) is 0 Å². The molecule has 0 amide bonds. The monoisotopic (exact) mass is 482 g/mol. The maximum absolute atomic E-state index is 9.55. The third-order valence-electron chi connectivity index (χ3n) is 4.31. The molecule has 3 N–H and O–H groups in total. The molecule has 172 valence electrons. The lowest BCUT2D eigenvalue weighted by molar-refractivity contribution is -0.134. The van der Waals surface area contributed by atoms with E-state index in [1.807, 2.05) is 19.1 Å². The van der Waals surface area contributed by atoms with Gasteiger partial charge in [-0.05, 0) is 50.6 Å². The molecule has 0 aliphatic carbocycles. The molecule has 3 rings (SSSR count). The van der Waals surface area contributed by atoms with Crippen LogP contribution in [0.2, 0.25) is 10.0 Å². The number of carboxylic acids is 2. The Labute approximate surface area is 195 Å². The Morgan fingerprint density at radius 1 is 1.16 bits per heavy atom. The summed E-state index contributed by atoms with van der Waals surface area (Å²) in [6.45, 7) is 4.64. The standard InChI is InChI=1S/C18H20Cl2N2O2.C4H4O4/c1-12-4-7-17(23-11-13-3-2-8-21-10-13)18(22-12)24-14-5-6-15(19)16(20)9-14;5-3(6)1-2-4(7)8/h4-7,9,13,21H,2-3,8,10-11H2,1H3;1-2H,(H,5,6)(H,7,8)/b;2-1+/t13-;/m0./s1. The van der Waals surface area contributed by atoms with E-state index in [2.05, 4.69) is 10.3 Å². The number of pyridine rings is 1. The summed E-state index contributed by atoms with van der Waals surface area (Å²) in [5, 5.41) is 19.9. The van der Waals surface area contributed by atoms with Crippen LogP contribution in [0.5, 0.6) is 17.4 Å². The van der Waals surface area contributed by atoms with Gasteiger partial charge in [0.15, 0.2) is 5.75 Å². The molecule has 1 aromatic carbocycles. The quantitative estimate of drug-likeness (QED) is 0.490. The molecule has 2 aromatic rings. The molecule has 1 fully saturated rings. The number of nitrogens with zero attached hydrogens (tertiary/aromatic N) is 1. The topological polar surface area (TPSA) is 118 Å².